The summed E-state index contributed by atoms with van der Waals surface area (Å²) in [6.45, 7) is 4.10. The van der Waals surface area contributed by atoms with Gasteiger partial charge in [-0.15, -0.1) is 0 Å². The molecular weight excluding hydrogens is 346 g/mol. The number of amides is 2. The number of anilines is 2. The van der Waals surface area contributed by atoms with E-state index in [0.29, 0.717) is 24.2 Å². The zero-order chi connectivity index (χ0) is 19.6. The van der Waals surface area contributed by atoms with Crippen molar-refractivity contribution in [3.05, 3.63) is 63.7 Å². The third-order valence-corrected chi connectivity index (χ3v) is 4.77. The van der Waals surface area contributed by atoms with Gasteiger partial charge in [-0.25, -0.2) is 0 Å². The maximum Gasteiger partial charge on any atom is 0.274 e. The number of nitrogens with one attached hydrogen (secondary N) is 1. The summed E-state index contributed by atoms with van der Waals surface area (Å²) in [6, 6.07) is 12.2. The van der Waals surface area contributed by atoms with E-state index in [-0.39, 0.29) is 23.9 Å². The summed E-state index contributed by atoms with van der Waals surface area (Å²) < 4.78 is 0. The molecule has 7 nitrogen and oxygen atoms in total. The van der Waals surface area contributed by atoms with Crippen molar-refractivity contribution in [2.75, 3.05) is 16.8 Å². The SMILES string of the molecule is CCc1ccc(NC(=O)C2CC(=O)N(c3ccc(C)cc3)C2)cc1[N+](=O)[O-]. The van der Waals surface area contributed by atoms with Gasteiger partial charge in [-0.1, -0.05) is 30.7 Å². The molecule has 0 aliphatic carbocycles. The van der Waals surface area contributed by atoms with Crippen LogP contribution in [0.15, 0.2) is 42.5 Å². The van der Waals surface area contributed by atoms with Crippen molar-refractivity contribution in [2.24, 2.45) is 5.92 Å². The Bertz CT molecular complexity index is 893. The van der Waals surface area contributed by atoms with E-state index in [0.717, 1.165) is 11.3 Å². The van der Waals surface area contributed by atoms with Crippen LogP contribution in [0.3, 0.4) is 0 Å². The van der Waals surface area contributed by atoms with E-state index in [9.17, 15) is 19.7 Å². The zero-order valence-corrected chi connectivity index (χ0v) is 15.3. The molecule has 3 rings (SSSR count). The van der Waals surface area contributed by atoms with Crippen molar-refractivity contribution in [1.29, 1.82) is 0 Å². The van der Waals surface area contributed by atoms with Crippen molar-refractivity contribution in [2.45, 2.75) is 26.7 Å². The fourth-order valence-electron chi connectivity index (χ4n) is 3.21. The van der Waals surface area contributed by atoms with Crippen molar-refractivity contribution < 1.29 is 14.5 Å². The summed E-state index contributed by atoms with van der Waals surface area (Å²) in [7, 11) is 0. The highest BCUT2D eigenvalue weighted by molar-refractivity contribution is 6.03. The van der Waals surface area contributed by atoms with Crippen molar-refractivity contribution >= 4 is 28.9 Å². The number of nitro groups is 1. The minimum absolute atomic E-state index is 0.0147. The molecule has 1 unspecified atom stereocenters. The normalized spacial score (nSPS) is 16.4. The monoisotopic (exact) mass is 367 g/mol. The third-order valence-electron chi connectivity index (χ3n) is 4.77. The van der Waals surface area contributed by atoms with Gasteiger partial charge in [-0.3, -0.25) is 19.7 Å². The largest absolute Gasteiger partial charge is 0.326 e. The van der Waals surface area contributed by atoms with Gasteiger partial charge in [0.15, 0.2) is 0 Å². The molecule has 1 N–H and O–H groups in total. The molecule has 2 aromatic carbocycles. The standard InChI is InChI=1S/C20H21N3O4/c1-3-14-6-7-16(11-18(14)23(26)27)21-20(25)15-10-19(24)22(12-15)17-8-4-13(2)5-9-17/h4-9,11,15H,3,10,12H2,1-2H3,(H,21,25). The lowest BCUT2D eigenvalue weighted by molar-refractivity contribution is -0.385. The van der Waals surface area contributed by atoms with E-state index in [1.54, 1.807) is 17.0 Å². The predicted octanol–water partition coefficient (Wildman–Crippen LogP) is 3.46. The fourth-order valence-corrected chi connectivity index (χ4v) is 3.21. The quantitative estimate of drug-likeness (QED) is 0.647. The topological polar surface area (TPSA) is 92.6 Å². The average molecular weight is 367 g/mol. The molecule has 1 saturated heterocycles. The van der Waals surface area contributed by atoms with E-state index in [1.165, 1.54) is 6.07 Å². The molecule has 2 amide bonds. The number of nitrogens with zero attached hydrogens (tertiary/aromatic N) is 2. The minimum Gasteiger partial charge on any atom is -0.326 e. The van der Waals surface area contributed by atoms with Crippen molar-refractivity contribution in [3.63, 3.8) is 0 Å². The lowest BCUT2D eigenvalue weighted by Crippen LogP contribution is -2.28. The Hall–Kier alpha value is -3.22. The van der Waals surface area contributed by atoms with Gasteiger partial charge in [-0.2, -0.15) is 0 Å². The summed E-state index contributed by atoms with van der Waals surface area (Å²) in [4.78, 5) is 37.2. The second-order valence-electron chi connectivity index (χ2n) is 6.68. The smallest absolute Gasteiger partial charge is 0.274 e. The number of rotatable bonds is 5. The van der Waals surface area contributed by atoms with Gasteiger partial charge in [0, 0.05) is 36.0 Å². The molecule has 0 bridgehead atoms. The third kappa shape index (κ3) is 3.97. The molecule has 27 heavy (non-hydrogen) atoms. The van der Waals surface area contributed by atoms with Gasteiger partial charge in [0.2, 0.25) is 11.8 Å². The maximum absolute atomic E-state index is 12.6. The Balaban J connectivity index is 1.72. The lowest BCUT2D eigenvalue weighted by atomic mass is 10.1. The predicted molar refractivity (Wildman–Crippen MR) is 103 cm³/mol. The van der Waals surface area contributed by atoms with Crippen LogP contribution in [-0.2, 0) is 16.0 Å². The average Bonchev–Trinajstić information content (AvgIpc) is 3.04. The van der Waals surface area contributed by atoms with E-state index >= 15 is 0 Å². The van der Waals surface area contributed by atoms with Gasteiger partial charge in [0.05, 0.1) is 10.8 Å². The first kappa shape index (κ1) is 18.6. The number of benzene rings is 2. The van der Waals surface area contributed by atoms with Crippen molar-refractivity contribution in [1.82, 2.24) is 0 Å². The maximum atomic E-state index is 12.6. The van der Waals surface area contributed by atoms with Crippen LogP contribution in [0.2, 0.25) is 0 Å². The van der Waals surface area contributed by atoms with Crippen LogP contribution < -0.4 is 10.2 Å². The number of hydrogen-bond acceptors (Lipinski definition) is 4. The van der Waals surface area contributed by atoms with Gasteiger partial charge in [0.25, 0.3) is 5.69 Å². The van der Waals surface area contributed by atoms with Crippen LogP contribution >= 0.6 is 0 Å². The highest BCUT2D eigenvalue weighted by atomic mass is 16.6. The Morgan fingerprint density at radius 1 is 1.26 bits per heavy atom. The molecule has 0 aromatic heterocycles. The van der Waals surface area contributed by atoms with Crippen LogP contribution in [0.5, 0.6) is 0 Å². The van der Waals surface area contributed by atoms with E-state index < -0.39 is 10.8 Å². The van der Waals surface area contributed by atoms with Crippen LogP contribution in [0.1, 0.15) is 24.5 Å². The molecule has 140 valence electrons. The lowest BCUT2D eigenvalue weighted by Gasteiger charge is -2.17. The van der Waals surface area contributed by atoms with Gasteiger partial charge in [-0.05, 0) is 31.5 Å². The molecule has 1 aliphatic rings. The minimum atomic E-state index is -0.497. The summed E-state index contributed by atoms with van der Waals surface area (Å²) >= 11 is 0. The molecular formula is C20H21N3O4. The van der Waals surface area contributed by atoms with E-state index in [2.05, 4.69) is 5.32 Å². The Labute approximate surface area is 157 Å². The fraction of sp³-hybridized carbons (Fsp3) is 0.300. The summed E-state index contributed by atoms with van der Waals surface area (Å²) in [5, 5.41) is 13.9. The first-order chi connectivity index (χ1) is 12.9. The molecule has 1 heterocycles. The number of aryl methyl sites for hydroxylation is 2. The number of nitro benzene ring substituents is 1. The van der Waals surface area contributed by atoms with E-state index in [1.807, 2.05) is 38.1 Å². The Morgan fingerprint density at radius 3 is 2.59 bits per heavy atom. The Kier molecular flexibility index (Phi) is 5.21. The number of carbonyl (C=O) groups is 2. The molecule has 7 heteroatoms. The molecule has 1 fully saturated rings. The first-order valence-electron chi connectivity index (χ1n) is 8.84. The number of hydrogen-bond donors (Lipinski definition) is 1. The van der Waals surface area contributed by atoms with Crippen LogP contribution in [0, 0.1) is 23.0 Å². The van der Waals surface area contributed by atoms with E-state index in [4.69, 9.17) is 0 Å². The first-order valence-corrected chi connectivity index (χ1v) is 8.84. The van der Waals surface area contributed by atoms with Gasteiger partial charge in [0.1, 0.15) is 0 Å². The van der Waals surface area contributed by atoms with Gasteiger partial charge >= 0.3 is 0 Å². The highest BCUT2D eigenvalue weighted by Crippen LogP contribution is 2.28. The summed E-state index contributed by atoms with van der Waals surface area (Å²) in [6.07, 6.45) is 0.655. The molecule has 0 spiro atoms. The summed E-state index contributed by atoms with van der Waals surface area (Å²) in [5.41, 5.74) is 2.82. The second-order valence-corrected chi connectivity index (χ2v) is 6.68. The van der Waals surface area contributed by atoms with Crippen LogP contribution in [0.25, 0.3) is 0 Å². The summed E-state index contributed by atoms with van der Waals surface area (Å²) in [5.74, 6) is -0.911. The van der Waals surface area contributed by atoms with Crippen LogP contribution in [-0.4, -0.2) is 23.3 Å². The molecule has 1 aliphatic heterocycles. The highest BCUT2D eigenvalue weighted by Gasteiger charge is 2.35. The molecule has 2 aromatic rings. The molecule has 0 saturated carbocycles. The Morgan fingerprint density at radius 2 is 1.96 bits per heavy atom. The molecule has 1 atom stereocenters. The van der Waals surface area contributed by atoms with Gasteiger partial charge < -0.3 is 10.2 Å². The second kappa shape index (κ2) is 7.57. The number of carbonyl (C=O) groups excluding carboxylic acids is 2. The van der Waals surface area contributed by atoms with Crippen LogP contribution in [0.4, 0.5) is 17.1 Å². The van der Waals surface area contributed by atoms with Crippen molar-refractivity contribution in [3.8, 4) is 0 Å². The zero-order valence-electron chi connectivity index (χ0n) is 15.3. The molecule has 0 radical (unpaired) electrons.